The minimum absolute atomic E-state index is 0.00799. The molecule has 10 heteroatoms. The molecule has 1 heterocycles. The molecule has 0 aliphatic heterocycles. The fourth-order valence-electron chi connectivity index (χ4n) is 2.09. The SMILES string of the molecule is O=S(=O)(Nc1ccc(F)c(F)c1Nc1ccc(I)cc1F)c1cccs1. The first-order valence-corrected chi connectivity index (χ1v) is 10.5. The van der Waals surface area contributed by atoms with Gasteiger partial charge in [-0.15, -0.1) is 11.3 Å². The highest BCUT2D eigenvalue weighted by Crippen LogP contribution is 2.33. The van der Waals surface area contributed by atoms with Crippen LogP contribution in [-0.4, -0.2) is 8.42 Å². The molecule has 2 aromatic carbocycles. The van der Waals surface area contributed by atoms with E-state index in [1.165, 1.54) is 18.2 Å². The van der Waals surface area contributed by atoms with E-state index in [-0.39, 0.29) is 15.6 Å². The van der Waals surface area contributed by atoms with Crippen molar-refractivity contribution >= 4 is 61.0 Å². The van der Waals surface area contributed by atoms with Crippen molar-refractivity contribution in [3.8, 4) is 0 Å². The van der Waals surface area contributed by atoms with Gasteiger partial charge in [-0.1, -0.05) is 6.07 Å². The Hall–Kier alpha value is -1.79. The molecular weight excluding hydrogens is 500 g/mol. The average molecular weight is 510 g/mol. The van der Waals surface area contributed by atoms with Crippen molar-refractivity contribution in [2.75, 3.05) is 10.0 Å². The van der Waals surface area contributed by atoms with Crippen LogP contribution < -0.4 is 10.0 Å². The van der Waals surface area contributed by atoms with E-state index in [1.807, 2.05) is 22.6 Å². The summed E-state index contributed by atoms with van der Waals surface area (Å²) in [6.07, 6.45) is 0. The molecule has 3 aromatic rings. The molecule has 0 spiro atoms. The summed E-state index contributed by atoms with van der Waals surface area (Å²) in [5.41, 5.74) is -0.869. The molecule has 1 aromatic heterocycles. The van der Waals surface area contributed by atoms with Gasteiger partial charge in [-0.25, -0.2) is 21.6 Å². The van der Waals surface area contributed by atoms with Gasteiger partial charge < -0.3 is 5.32 Å². The molecule has 0 radical (unpaired) electrons. The number of benzene rings is 2. The van der Waals surface area contributed by atoms with E-state index in [2.05, 4.69) is 10.0 Å². The van der Waals surface area contributed by atoms with E-state index in [0.717, 1.165) is 23.5 Å². The van der Waals surface area contributed by atoms with E-state index in [9.17, 15) is 21.6 Å². The molecule has 0 bridgehead atoms. The average Bonchev–Trinajstić information content (AvgIpc) is 3.11. The Morgan fingerprint density at radius 3 is 2.35 bits per heavy atom. The summed E-state index contributed by atoms with van der Waals surface area (Å²) in [7, 11) is -3.99. The Labute approximate surface area is 165 Å². The molecule has 0 fully saturated rings. The lowest BCUT2D eigenvalue weighted by atomic mass is 10.2. The largest absolute Gasteiger partial charge is 0.349 e. The van der Waals surface area contributed by atoms with Crippen LogP contribution in [0.1, 0.15) is 0 Å². The van der Waals surface area contributed by atoms with Crippen molar-refractivity contribution in [2.24, 2.45) is 0 Å². The Morgan fingerprint density at radius 2 is 1.69 bits per heavy atom. The molecule has 0 saturated carbocycles. The molecule has 4 nitrogen and oxygen atoms in total. The predicted octanol–water partition coefficient (Wildman–Crippen LogP) is 5.31. The van der Waals surface area contributed by atoms with Crippen LogP contribution in [0.3, 0.4) is 0 Å². The molecule has 26 heavy (non-hydrogen) atoms. The molecule has 136 valence electrons. The quantitative estimate of drug-likeness (QED) is 0.458. The van der Waals surface area contributed by atoms with E-state index in [4.69, 9.17) is 0 Å². The van der Waals surface area contributed by atoms with Gasteiger partial charge in [0.25, 0.3) is 10.0 Å². The summed E-state index contributed by atoms with van der Waals surface area (Å²) in [4.78, 5) is 0. The third-order valence-electron chi connectivity index (χ3n) is 3.29. The maximum absolute atomic E-state index is 14.3. The Morgan fingerprint density at radius 1 is 0.962 bits per heavy atom. The van der Waals surface area contributed by atoms with Crippen LogP contribution in [-0.2, 0) is 10.0 Å². The Balaban J connectivity index is 2.03. The number of thiophene rings is 1. The Kier molecular flexibility index (Phi) is 5.44. The molecule has 0 aliphatic carbocycles. The van der Waals surface area contributed by atoms with Gasteiger partial charge >= 0.3 is 0 Å². The van der Waals surface area contributed by atoms with E-state index >= 15 is 0 Å². The fourth-order valence-corrected chi connectivity index (χ4v) is 4.61. The summed E-state index contributed by atoms with van der Waals surface area (Å²) >= 11 is 2.87. The van der Waals surface area contributed by atoms with E-state index in [1.54, 1.807) is 17.5 Å². The molecule has 3 rings (SSSR count). The van der Waals surface area contributed by atoms with Gasteiger partial charge in [-0.05, 0) is 64.4 Å². The third-order valence-corrected chi connectivity index (χ3v) is 6.72. The monoisotopic (exact) mass is 510 g/mol. The number of sulfonamides is 1. The number of hydrogen-bond acceptors (Lipinski definition) is 4. The summed E-state index contributed by atoms with van der Waals surface area (Å²) < 4.78 is 69.5. The van der Waals surface area contributed by atoms with Crippen molar-refractivity contribution in [2.45, 2.75) is 4.21 Å². The lowest BCUT2D eigenvalue weighted by Crippen LogP contribution is -2.14. The summed E-state index contributed by atoms with van der Waals surface area (Å²) in [5, 5.41) is 4.00. The van der Waals surface area contributed by atoms with Gasteiger partial charge in [-0.2, -0.15) is 0 Å². The lowest BCUT2D eigenvalue weighted by molar-refractivity contribution is 0.512. The number of anilines is 3. The molecule has 0 aliphatic rings. The second kappa shape index (κ2) is 7.45. The van der Waals surface area contributed by atoms with Gasteiger partial charge in [0.05, 0.1) is 11.4 Å². The van der Waals surface area contributed by atoms with Gasteiger partial charge in [0.15, 0.2) is 11.6 Å². The van der Waals surface area contributed by atoms with Crippen molar-refractivity contribution in [3.63, 3.8) is 0 Å². The molecular formula is C16H10F3IN2O2S2. The number of rotatable bonds is 5. The standard InChI is InChI=1S/C16H10F3IN2O2S2/c17-10-4-6-13(22-26(23,24)14-2-1-7-25-14)16(15(10)19)21-12-5-3-9(20)8-11(12)18/h1-8,21-22H. The minimum Gasteiger partial charge on any atom is -0.349 e. The van der Waals surface area contributed by atoms with E-state index < -0.39 is 33.2 Å². The Bertz CT molecular complexity index is 1060. The van der Waals surface area contributed by atoms with Crippen LogP contribution in [0.4, 0.5) is 30.2 Å². The maximum atomic E-state index is 14.3. The highest BCUT2D eigenvalue weighted by atomic mass is 127. The predicted molar refractivity (Wildman–Crippen MR) is 104 cm³/mol. The van der Waals surface area contributed by atoms with Crippen LogP contribution in [0.15, 0.2) is 52.1 Å². The zero-order valence-corrected chi connectivity index (χ0v) is 16.6. The van der Waals surface area contributed by atoms with Crippen molar-refractivity contribution in [3.05, 3.63) is 68.9 Å². The summed E-state index contributed by atoms with van der Waals surface area (Å²) in [6.45, 7) is 0. The molecule has 2 N–H and O–H groups in total. The second-order valence-electron chi connectivity index (χ2n) is 5.07. The summed E-state index contributed by atoms with van der Waals surface area (Å²) in [5.74, 6) is -3.21. The number of hydrogen-bond donors (Lipinski definition) is 2. The fraction of sp³-hybridized carbons (Fsp3) is 0. The third kappa shape index (κ3) is 3.96. The first-order valence-electron chi connectivity index (χ1n) is 7.04. The van der Waals surface area contributed by atoms with Crippen LogP contribution in [0.5, 0.6) is 0 Å². The second-order valence-corrected chi connectivity index (χ2v) is 9.17. The molecule has 0 atom stereocenters. The van der Waals surface area contributed by atoms with Gasteiger partial charge in [0, 0.05) is 3.57 Å². The van der Waals surface area contributed by atoms with Crippen LogP contribution in [0, 0.1) is 21.0 Å². The van der Waals surface area contributed by atoms with E-state index in [0.29, 0.717) is 3.57 Å². The topological polar surface area (TPSA) is 58.2 Å². The first kappa shape index (κ1) is 19.0. The zero-order valence-electron chi connectivity index (χ0n) is 12.8. The number of nitrogens with one attached hydrogen (secondary N) is 2. The smallest absolute Gasteiger partial charge is 0.271 e. The van der Waals surface area contributed by atoms with Crippen molar-refractivity contribution in [1.29, 1.82) is 0 Å². The highest BCUT2D eigenvalue weighted by Gasteiger charge is 2.21. The van der Waals surface area contributed by atoms with Crippen LogP contribution in [0.25, 0.3) is 0 Å². The van der Waals surface area contributed by atoms with Crippen LogP contribution in [0.2, 0.25) is 0 Å². The number of halogens is 4. The molecule has 0 saturated heterocycles. The van der Waals surface area contributed by atoms with Crippen molar-refractivity contribution in [1.82, 2.24) is 0 Å². The highest BCUT2D eigenvalue weighted by molar-refractivity contribution is 14.1. The van der Waals surface area contributed by atoms with Crippen LogP contribution >= 0.6 is 33.9 Å². The normalized spacial score (nSPS) is 11.4. The maximum Gasteiger partial charge on any atom is 0.271 e. The van der Waals surface area contributed by atoms with Gasteiger partial charge in [-0.3, -0.25) is 4.72 Å². The molecule has 0 unspecified atom stereocenters. The first-order chi connectivity index (χ1) is 12.3. The van der Waals surface area contributed by atoms with Gasteiger partial charge in [0.2, 0.25) is 0 Å². The summed E-state index contributed by atoms with van der Waals surface area (Å²) in [6, 6.07) is 8.89. The molecule has 0 amide bonds. The zero-order chi connectivity index (χ0) is 18.9. The minimum atomic E-state index is -3.99. The lowest BCUT2D eigenvalue weighted by Gasteiger charge is -2.15. The van der Waals surface area contributed by atoms with Gasteiger partial charge in [0.1, 0.15) is 15.7 Å². The van der Waals surface area contributed by atoms with Crippen molar-refractivity contribution < 1.29 is 21.6 Å².